The second kappa shape index (κ2) is 4.85. The molecule has 2 unspecified atom stereocenters. The average molecular weight is 403 g/mol. The fourth-order valence-corrected chi connectivity index (χ4v) is 3.24. The van der Waals surface area contributed by atoms with Crippen LogP contribution in [0.25, 0.3) is 0 Å². The molecule has 0 aromatic carbocycles. The molecule has 1 fully saturated rings. The van der Waals surface area contributed by atoms with Crippen molar-refractivity contribution in [3.8, 4) is 0 Å². The van der Waals surface area contributed by atoms with Crippen LogP contribution in [0, 0.1) is 5.92 Å². The number of hydrogen-bond acceptors (Lipinski definition) is 2. The van der Waals surface area contributed by atoms with Crippen molar-refractivity contribution in [3.63, 3.8) is 0 Å². The van der Waals surface area contributed by atoms with Gasteiger partial charge < -0.3 is 4.74 Å². The van der Waals surface area contributed by atoms with Crippen molar-refractivity contribution in [2.45, 2.75) is 19.4 Å². The molecule has 6 heteroatoms. The van der Waals surface area contributed by atoms with Gasteiger partial charge in [-0.1, -0.05) is 6.92 Å². The highest BCUT2D eigenvalue weighted by Crippen LogP contribution is 2.36. The molecule has 1 aromatic heterocycles. The van der Waals surface area contributed by atoms with Crippen LogP contribution in [0.5, 0.6) is 0 Å². The maximum Gasteiger partial charge on any atom is 0.143 e. The highest BCUT2D eigenvalue weighted by molar-refractivity contribution is 9.14. The van der Waals surface area contributed by atoms with E-state index in [1.165, 1.54) is 0 Å². The summed E-state index contributed by atoms with van der Waals surface area (Å²) in [7, 11) is 0. The lowest BCUT2D eigenvalue weighted by molar-refractivity contribution is 0.0242. The first-order valence-electron chi connectivity index (χ1n) is 4.78. The summed E-state index contributed by atoms with van der Waals surface area (Å²) >= 11 is 10.4. The van der Waals surface area contributed by atoms with Gasteiger partial charge >= 0.3 is 0 Å². The van der Waals surface area contributed by atoms with Crippen LogP contribution < -0.4 is 0 Å². The monoisotopic (exact) mass is 400 g/mol. The lowest BCUT2D eigenvalue weighted by Crippen LogP contribution is -2.28. The molecule has 15 heavy (non-hydrogen) atoms. The molecule has 2 heterocycles. The van der Waals surface area contributed by atoms with Crippen LogP contribution in [0.1, 0.15) is 19.4 Å². The summed E-state index contributed by atoms with van der Waals surface area (Å²) in [6.45, 7) is 3.82. The van der Waals surface area contributed by atoms with E-state index in [0.717, 1.165) is 33.3 Å². The molecule has 84 valence electrons. The third kappa shape index (κ3) is 2.33. The van der Waals surface area contributed by atoms with Gasteiger partial charge in [-0.05, 0) is 54.2 Å². The molecule has 0 saturated carbocycles. The minimum Gasteiger partial charge on any atom is -0.381 e. The molecule has 2 atom stereocenters. The fraction of sp³-hybridized carbons (Fsp3) is 0.667. The molecule has 0 aliphatic carbocycles. The van der Waals surface area contributed by atoms with Gasteiger partial charge in [-0.25, -0.2) is 0 Å². The van der Waals surface area contributed by atoms with E-state index in [-0.39, 0.29) is 0 Å². The summed E-state index contributed by atoms with van der Waals surface area (Å²) < 4.78 is 10.3. The van der Waals surface area contributed by atoms with Crippen molar-refractivity contribution in [1.82, 2.24) is 9.78 Å². The highest BCUT2D eigenvalue weighted by Gasteiger charge is 2.27. The molecule has 1 saturated heterocycles. The van der Waals surface area contributed by atoms with Crippen LogP contribution in [0.4, 0.5) is 0 Å². The van der Waals surface area contributed by atoms with Gasteiger partial charge in [-0.2, -0.15) is 5.10 Å². The number of aromatic nitrogens is 2. The van der Waals surface area contributed by atoms with Crippen LogP contribution in [0.3, 0.4) is 0 Å². The molecule has 0 bridgehead atoms. The molecule has 0 radical (unpaired) electrons. The van der Waals surface area contributed by atoms with Gasteiger partial charge in [0.15, 0.2) is 0 Å². The van der Waals surface area contributed by atoms with E-state index in [0.29, 0.717) is 12.0 Å². The predicted octanol–water partition coefficient (Wildman–Crippen LogP) is 3.77. The van der Waals surface area contributed by atoms with Gasteiger partial charge in [0, 0.05) is 12.5 Å². The Morgan fingerprint density at radius 2 is 2.13 bits per heavy atom. The second-order valence-electron chi connectivity index (χ2n) is 3.75. The first-order chi connectivity index (χ1) is 7.11. The van der Waals surface area contributed by atoms with Gasteiger partial charge in [0.2, 0.25) is 0 Å². The van der Waals surface area contributed by atoms with E-state index in [9.17, 15) is 0 Å². The molecule has 1 aromatic rings. The molecular formula is C9H11Br3N2O. The summed E-state index contributed by atoms with van der Waals surface area (Å²) in [5.41, 5.74) is 0. The number of nitrogens with zero attached hydrogens (tertiary/aromatic N) is 2. The Morgan fingerprint density at radius 3 is 2.67 bits per heavy atom. The molecule has 0 spiro atoms. The normalized spacial score (nSPS) is 26.9. The van der Waals surface area contributed by atoms with Crippen molar-refractivity contribution in [2.24, 2.45) is 5.92 Å². The van der Waals surface area contributed by atoms with Crippen molar-refractivity contribution >= 4 is 47.8 Å². The van der Waals surface area contributed by atoms with Gasteiger partial charge in [0.25, 0.3) is 0 Å². The molecular weight excluding hydrogens is 392 g/mol. The topological polar surface area (TPSA) is 27.1 Å². The predicted molar refractivity (Wildman–Crippen MR) is 69.0 cm³/mol. The number of halogens is 3. The Morgan fingerprint density at radius 1 is 1.40 bits per heavy atom. The SMILES string of the molecule is CC1COCCC1n1nc(Br)c(Br)c1Br. The zero-order valence-corrected chi connectivity index (χ0v) is 13.0. The third-order valence-corrected chi connectivity index (χ3v) is 5.80. The third-order valence-electron chi connectivity index (χ3n) is 2.67. The fourth-order valence-electron chi connectivity index (χ4n) is 1.82. The van der Waals surface area contributed by atoms with Crippen LogP contribution in [-0.4, -0.2) is 23.0 Å². The molecule has 0 amide bonds. The van der Waals surface area contributed by atoms with Gasteiger partial charge in [0.1, 0.15) is 9.21 Å². The van der Waals surface area contributed by atoms with E-state index in [4.69, 9.17) is 4.74 Å². The zero-order chi connectivity index (χ0) is 11.0. The van der Waals surface area contributed by atoms with Crippen LogP contribution in [-0.2, 0) is 4.74 Å². The number of rotatable bonds is 1. The summed E-state index contributed by atoms with van der Waals surface area (Å²) in [4.78, 5) is 0. The Labute approximate surface area is 114 Å². The largest absolute Gasteiger partial charge is 0.381 e. The zero-order valence-electron chi connectivity index (χ0n) is 8.21. The van der Waals surface area contributed by atoms with E-state index < -0.39 is 0 Å². The molecule has 3 nitrogen and oxygen atoms in total. The molecule has 1 aliphatic heterocycles. The number of hydrogen-bond donors (Lipinski definition) is 0. The van der Waals surface area contributed by atoms with E-state index in [1.807, 2.05) is 4.68 Å². The lowest BCUT2D eigenvalue weighted by Gasteiger charge is -2.29. The van der Waals surface area contributed by atoms with Crippen LogP contribution in [0.15, 0.2) is 13.7 Å². The maximum atomic E-state index is 5.43. The summed E-state index contributed by atoms with van der Waals surface area (Å²) in [5, 5.41) is 4.47. The highest BCUT2D eigenvalue weighted by atomic mass is 79.9. The van der Waals surface area contributed by atoms with Crippen LogP contribution >= 0.6 is 47.8 Å². The van der Waals surface area contributed by atoms with Crippen molar-refractivity contribution in [1.29, 1.82) is 0 Å². The molecule has 1 aliphatic rings. The summed E-state index contributed by atoms with van der Waals surface area (Å²) in [5.74, 6) is 0.494. The minimum absolute atomic E-state index is 0.413. The quantitative estimate of drug-likeness (QED) is 0.715. The summed E-state index contributed by atoms with van der Waals surface area (Å²) in [6.07, 6.45) is 1.01. The van der Waals surface area contributed by atoms with E-state index in [2.05, 4.69) is 59.8 Å². The average Bonchev–Trinajstić information content (AvgIpc) is 2.47. The Balaban J connectivity index is 2.31. The van der Waals surface area contributed by atoms with E-state index >= 15 is 0 Å². The Hall–Kier alpha value is 0.610. The maximum absolute atomic E-state index is 5.43. The standard InChI is InChI=1S/C9H11Br3N2O/c1-5-4-15-3-2-6(5)14-9(12)7(10)8(11)13-14/h5-6H,2-4H2,1H3. The van der Waals surface area contributed by atoms with E-state index in [1.54, 1.807) is 0 Å². The molecule has 0 N–H and O–H groups in total. The first-order valence-corrected chi connectivity index (χ1v) is 7.16. The van der Waals surface area contributed by atoms with Crippen molar-refractivity contribution < 1.29 is 4.74 Å². The Bertz CT molecular complexity index is 366. The lowest BCUT2D eigenvalue weighted by atomic mass is 9.98. The Kier molecular flexibility index (Phi) is 3.91. The van der Waals surface area contributed by atoms with Crippen molar-refractivity contribution in [2.75, 3.05) is 13.2 Å². The molecule has 2 rings (SSSR count). The van der Waals surface area contributed by atoms with Crippen molar-refractivity contribution in [3.05, 3.63) is 13.7 Å². The second-order valence-corrected chi connectivity index (χ2v) is 6.04. The van der Waals surface area contributed by atoms with Gasteiger partial charge in [0.05, 0.1) is 17.1 Å². The smallest absolute Gasteiger partial charge is 0.143 e. The first kappa shape index (κ1) is 12.1. The van der Waals surface area contributed by atoms with Crippen LogP contribution in [0.2, 0.25) is 0 Å². The number of ether oxygens (including phenoxy) is 1. The van der Waals surface area contributed by atoms with Gasteiger partial charge in [-0.3, -0.25) is 4.68 Å². The minimum atomic E-state index is 0.413. The van der Waals surface area contributed by atoms with Gasteiger partial charge in [-0.15, -0.1) is 0 Å². The summed E-state index contributed by atoms with van der Waals surface area (Å²) in [6, 6.07) is 0.413.